The standard InChI is InChI=1S/C25H18Cl3F7N4O2/c26-18-6-14(23(29,24(30,31)32)25(33,34)35)7-19(27)20(18)39-10-13(9-37-39)12-5-17(21(28)36-8-12)22(40)38(15-1-2-15)11-16-3-4-41-16/h5-10,15-16H,1-4,11H2. The number of benzene rings is 1. The van der Waals surface area contributed by atoms with Crippen LogP contribution in [0.25, 0.3) is 16.8 Å². The van der Waals surface area contributed by atoms with Crippen LogP contribution in [0.2, 0.25) is 15.2 Å². The maximum Gasteiger partial charge on any atom is 0.435 e. The Hall–Kier alpha value is -2.61. The molecule has 2 aromatic heterocycles. The minimum atomic E-state index is -6.34. The first-order valence-electron chi connectivity index (χ1n) is 12.1. The molecule has 41 heavy (non-hydrogen) atoms. The number of pyridine rings is 1. The molecule has 6 nitrogen and oxygen atoms in total. The molecule has 1 unspecified atom stereocenters. The van der Waals surface area contributed by atoms with Crippen LogP contribution in [0.1, 0.15) is 35.2 Å². The molecule has 2 fully saturated rings. The molecule has 0 bridgehead atoms. The fourth-order valence-corrected chi connectivity index (χ4v) is 5.25. The van der Waals surface area contributed by atoms with Crippen molar-refractivity contribution in [3.05, 3.63) is 63.1 Å². The Bertz CT molecular complexity index is 1450. The summed E-state index contributed by atoms with van der Waals surface area (Å²) in [5.74, 6) is -0.333. The van der Waals surface area contributed by atoms with Crippen LogP contribution in [0.15, 0.2) is 36.8 Å². The van der Waals surface area contributed by atoms with E-state index in [4.69, 9.17) is 39.5 Å². The fourth-order valence-electron chi connectivity index (χ4n) is 4.41. The summed E-state index contributed by atoms with van der Waals surface area (Å²) in [5, 5.41) is 2.57. The lowest BCUT2D eigenvalue weighted by atomic mass is 9.94. The number of hydrogen-bond donors (Lipinski definition) is 0. The van der Waals surface area contributed by atoms with E-state index in [9.17, 15) is 35.5 Å². The van der Waals surface area contributed by atoms with Crippen molar-refractivity contribution in [1.82, 2.24) is 19.7 Å². The van der Waals surface area contributed by atoms with E-state index in [0.29, 0.717) is 24.3 Å². The zero-order chi connectivity index (χ0) is 29.9. The summed E-state index contributed by atoms with van der Waals surface area (Å²) in [7, 11) is 0. The van der Waals surface area contributed by atoms with Gasteiger partial charge in [0, 0.05) is 48.3 Å². The second kappa shape index (κ2) is 10.6. The van der Waals surface area contributed by atoms with Gasteiger partial charge in [0.1, 0.15) is 10.8 Å². The summed E-state index contributed by atoms with van der Waals surface area (Å²) < 4.78 is 100. The number of nitrogens with zero attached hydrogens (tertiary/aromatic N) is 4. The zero-order valence-corrected chi connectivity index (χ0v) is 22.8. The molecular weight excluding hydrogens is 628 g/mol. The normalized spacial score (nSPS) is 17.9. The molecule has 3 heterocycles. The van der Waals surface area contributed by atoms with Gasteiger partial charge < -0.3 is 9.64 Å². The summed E-state index contributed by atoms with van der Waals surface area (Å²) in [6.07, 6.45) is -6.24. The van der Waals surface area contributed by atoms with E-state index in [-0.39, 0.29) is 46.6 Å². The zero-order valence-electron chi connectivity index (χ0n) is 20.5. The number of carbonyl (C=O) groups is 1. The number of aromatic nitrogens is 3. The van der Waals surface area contributed by atoms with Crippen LogP contribution >= 0.6 is 34.8 Å². The largest absolute Gasteiger partial charge is 0.435 e. The minimum absolute atomic E-state index is 0.0305. The SMILES string of the molecule is O=C(c1cc(-c2cnn(-c3c(Cl)cc(C(F)(C(F)(F)F)C(F)(F)F)cc3Cl)c2)cnc1Cl)N(CC1CCO1)C1CC1. The van der Waals surface area contributed by atoms with Gasteiger partial charge in [-0.1, -0.05) is 34.8 Å². The molecule has 0 spiro atoms. The van der Waals surface area contributed by atoms with Crippen molar-refractivity contribution in [2.75, 3.05) is 13.2 Å². The Kier molecular flexibility index (Phi) is 7.71. The van der Waals surface area contributed by atoms with Crippen LogP contribution in [0.5, 0.6) is 0 Å². The summed E-state index contributed by atoms with van der Waals surface area (Å²) in [5.41, 5.74) is -7.00. The van der Waals surface area contributed by atoms with E-state index in [1.54, 1.807) is 4.90 Å². The molecule has 1 saturated carbocycles. The quantitative estimate of drug-likeness (QED) is 0.196. The summed E-state index contributed by atoms with van der Waals surface area (Å²) >= 11 is 18.3. The fraction of sp³-hybridized carbons (Fsp3) is 0.400. The monoisotopic (exact) mass is 644 g/mol. The minimum Gasteiger partial charge on any atom is -0.376 e. The highest BCUT2D eigenvalue weighted by Gasteiger charge is 2.73. The Morgan fingerprint density at radius 3 is 2.07 bits per heavy atom. The number of rotatable bonds is 7. The molecule has 1 aliphatic heterocycles. The van der Waals surface area contributed by atoms with Crippen LogP contribution in [-0.2, 0) is 10.4 Å². The van der Waals surface area contributed by atoms with E-state index in [2.05, 4.69) is 10.1 Å². The molecule has 3 aromatic rings. The average Bonchev–Trinajstić information content (AvgIpc) is 3.57. The predicted molar refractivity (Wildman–Crippen MR) is 135 cm³/mol. The van der Waals surface area contributed by atoms with E-state index >= 15 is 0 Å². The molecule has 220 valence electrons. The van der Waals surface area contributed by atoms with Crippen LogP contribution in [-0.4, -0.2) is 63.2 Å². The van der Waals surface area contributed by atoms with Crippen molar-refractivity contribution in [3.8, 4) is 16.8 Å². The third-order valence-electron chi connectivity index (χ3n) is 6.85. The van der Waals surface area contributed by atoms with Crippen molar-refractivity contribution in [2.24, 2.45) is 0 Å². The van der Waals surface area contributed by atoms with Gasteiger partial charge >= 0.3 is 18.0 Å². The van der Waals surface area contributed by atoms with Gasteiger partial charge in [-0.05, 0) is 37.5 Å². The summed E-state index contributed by atoms with van der Waals surface area (Å²) in [6.45, 7) is 1.05. The molecule has 2 aliphatic rings. The van der Waals surface area contributed by atoms with Gasteiger partial charge in [0.05, 0.1) is 27.9 Å². The van der Waals surface area contributed by atoms with Crippen molar-refractivity contribution in [2.45, 2.75) is 49.4 Å². The maximum absolute atomic E-state index is 14.6. The van der Waals surface area contributed by atoms with Crippen LogP contribution in [0, 0.1) is 0 Å². The molecule has 0 N–H and O–H groups in total. The molecular formula is C25H18Cl3F7N4O2. The Labute approximate surface area is 242 Å². The molecule has 16 heteroatoms. The Morgan fingerprint density at radius 1 is 0.951 bits per heavy atom. The lowest BCUT2D eigenvalue weighted by Crippen LogP contribution is -2.50. The number of alkyl halides is 7. The molecule has 1 aliphatic carbocycles. The van der Waals surface area contributed by atoms with E-state index in [1.165, 1.54) is 24.7 Å². The second-order valence-corrected chi connectivity index (χ2v) is 10.8. The number of halogens is 10. The summed E-state index contributed by atoms with van der Waals surface area (Å²) in [4.78, 5) is 19.2. The lowest BCUT2D eigenvalue weighted by Gasteiger charge is -2.33. The van der Waals surface area contributed by atoms with Crippen molar-refractivity contribution in [3.63, 3.8) is 0 Å². The van der Waals surface area contributed by atoms with Crippen LogP contribution < -0.4 is 0 Å². The van der Waals surface area contributed by atoms with Crippen molar-refractivity contribution < 1.29 is 40.3 Å². The molecule has 1 amide bonds. The third-order valence-corrected chi connectivity index (χ3v) is 7.73. The summed E-state index contributed by atoms with van der Waals surface area (Å²) in [6, 6.07) is 1.96. The predicted octanol–water partition coefficient (Wildman–Crippen LogP) is 7.58. The van der Waals surface area contributed by atoms with E-state index < -0.39 is 33.6 Å². The first-order chi connectivity index (χ1) is 19.1. The highest BCUT2D eigenvalue weighted by Crippen LogP contribution is 2.54. The Morgan fingerprint density at radius 2 is 1.56 bits per heavy atom. The highest BCUT2D eigenvalue weighted by molar-refractivity contribution is 6.38. The molecule has 1 atom stereocenters. The Balaban J connectivity index is 1.46. The third kappa shape index (κ3) is 5.49. The smallest absolute Gasteiger partial charge is 0.376 e. The van der Waals surface area contributed by atoms with Crippen LogP contribution in [0.4, 0.5) is 30.7 Å². The molecule has 5 rings (SSSR count). The lowest BCUT2D eigenvalue weighted by molar-refractivity contribution is -0.348. The second-order valence-electron chi connectivity index (χ2n) is 9.65. The first-order valence-corrected chi connectivity index (χ1v) is 13.2. The first kappa shape index (κ1) is 29.9. The topological polar surface area (TPSA) is 60.2 Å². The van der Waals surface area contributed by atoms with Crippen LogP contribution in [0.3, 0.4) is 0 Å². The average molecular weight is 646 g/mol. The van der Waals surface area contributed by atoms with Gasteiger partial charge in [-0.15, -0.1) is 0 Å². The molecule has 0 radical (unpaired) electrons. The van der Waals surface area contributed by atoms with E-state index in [0.717, 1.165) is 23.9 Å². The highest BCUT2D eigenvalue weighted by atomic mass is 35.5. The van der Waals surface area contributed by atoms with Gasteiger partial charge in [-0.3, -0.25) is 4.79 Å². The van der Waals surface area contributed by atoms with Gasteiger partial charge in [-0.2, -0.15) is 31.4 Å². The van der Waals surface area contributed by atoms with Crippen molar-refractivity contribution >= 4 is 40.7 Å². The molecule has 1 saturated heterocycles. The van der Waals surface area contributed by atoms with E-state index in [1.807, 2.05) is 0 Å². The van der Waals surface area contributed by atoms with Gasteiger partial charge in [0.15, 0.2) is 0 Å². The number of amides is 1. The van der Waals surface area contributed by atoms with Gasteiger partial charge in [0.25, 0.3) is 5.91 Å². The number of carbonyl (C=O) groups excluding carboxylic acids is 1. The number of hydrogen-bond acceptors (Lipinski definition) is 4. The molecule has 1 aromatic carbocycles. The van der Waals surface area contributed by atoms with Gasteiger partial charge in [-0.25, -0.2) is 14.1 Å². The van der Waals surface area contributed by atoms with Crippen molar-refractivity contribution in [1.29, 1.82) is 0 Å². The van der Waals surface area contributed by atoms with Gasteiger partial charge in [0.2, 0.25) is 0 Å². The maximum atomic E-state index is 14.6. The number of ether oxygens (including phenoxy) is 1.